The van der Waals surface area contributed by atoms with Crippen LogP contribution in [0.15, 0.2) is 23.1 Å². The molecule has 0 saturated heterocycles. The molecule has 0 amide bonds. The molecule has 7 nitrogen and oxygen atoms in total. The van der Waals surface area contributed by atoms with Crippen molar-refractivity contribution in [2.24, 2.45) is 0 Å². The van der Waals surface area contributed by atoms with Crippen LogP contribution in [0.2, 0.25) is 0 Å². The first-order valence-corrected chi connectivity index (χ1v) is 7.76. The van der Waals surface area contributed by atoms with Gasteiger partial charge in [0.05, 0.1) is 10.6 Å². The van der Waals surface area contributed by atoms with Crippen LogP contribution in [-0.2, 0) is 10.0 Å². The van der Waals surface area contributed by atoms with Gasteiger partial charge in [0, 0.05) is 24.7 Å². The van der Waals surface area contributed by atoms with Crippen LogP contribution >= 0.6 is 0 Å². The van der Waals surface area contributed by atoms with Crippen molar-refractivity contribution in [3.63, 3.8) is 0 Å². The Morgan fingerprint density at radius 2 is 2.00 bits per heavy atom. The van der Waals surface area contributed by atoms with Gasteiger partial charge in [-0.1, -0.05) is 0 Å². The van der Waals surface area contributed by atoms with Crippen molar-refractivity contribution in [2.45, 2.75) is 36.6 Å². The molecule has 0 aliphatic heterocycles. The van der Waals surface area contributed by atoms with E-state index in [2.05, 4.69) is 10.0 Å². The number of nitro benzene ring substituents is 1. The second-order valence-electron chi connectivity index (χ2n) is 5.21. The van der Waals surface area contributed by atoms with E-state index in [1.807, 2.05) is 6.92 Å². The van der Waals surface area contributed by atoms with E-state index >= 15 is 0 Å². The molecule has 20 heavy (non-hydrogen) atoms. The average Bonchev–Trinajstić information content (AvgIpc) is 2.35. The molecule has 0 aromatic heterocycles. The number of sulfonamides is 1. The third kappa shape index (κ3) is 2.75. The van der Waals surface area contributed by atoms with Crippen LogP contribution in [0.4, 0.5) is 11.4 Å². The molecule has 2 N–H and O–H groups in total. The molecule has 0 atom stereocenters. The van der Waals surface area contributed by atoms with E-state index in [-0.39, 0.29) is 10.6 Å². The van der Waals surface area contributed by atoms with E-state index in [0.29, 0.717) is 5.69 Å². The Hall–Kier alpha value is -1.67. The maximum atomic E-state index is 12.4. The molecule has 1 aliphatic carbocycles. The molecule has 8 heteroatoms. The summed E-state index contributed by atoms with van der Waals surface area (Å²) in [5.41, 5.74) is -0.358. The summed E-state index contributed by atoms with van der Waals surface area (Å²) < 4.78 is 27.5. The predicted octanol–water partition coefficient (Wildman–Crippen LogP) is 1.86. The molecular weight excluding hydrogens is 282 g/mol. The minimum atomic E-state index is -3.79. The van der Waals surface area contributed by atoms with E-state index < -0.39 is 20.5 Å². The van der Waals surface area contributed by atoms with Crippen LogP contribution in [0.1, 0.15) is 26.2 Å². The van der Waals surface area contributed by atoms with Crippen molar-refractivity contribution in [2.75, 3.05) is 12.4 Å². The quantitative estimate of drug-likeness (QED) is 0.638. The molecule has 0 radical (unpaired) electrons. The summed E-state index contributed by atoms with van der Waals surface area (Å²) >= 11 is 0. The van der Waals surface area contributed by atoms with Gasteiger partial charge in [-0.25, -0.2) is 13.1 Å². The lowest BCUT2D eigenvalue weighted by molar-refractivity contribution is -0.385. The van der Waals surface area contributed by atoms with Gasteiger partial charge < -0.3 is 5.32 Å². The highest BCUT2D eigenvalue weighted by atomic mass is 32.2. The van der Waals surface area contributed by atoms with Crippen LogP contribution < -0.4 is 10.0 Å². The van der Waals surface area contributed by atoms with Crippen LogP contribution in [0.5, 0.6) is 0 Å². The number of non-ortho nitro benzene ring substituents is 1. The summed E-state index contributed by atoms with van der Waals surface area (Å²) in [6, 6.07) is 3.75. The number of hydrogen-bond acceptors (Lipinski definition) is 5. The van der Waals surface area contributed by atoms with E-state index in [1.165, 1.54) is 12.1 Å². The molecule has 0 heterocycles. The van der Waals surface area contributed by atoms with E-state index in [1.54, 1.807) is 7.05 Å². The summed E-state index contributed by atoms with van der Waals surface area (Å²) in [6.07, 6.45) is 2.53. The molecule has 0 spiro atoms. The topological polar surface area (TPSA) is 101 Å². The zero-order valence-electron chi connectivity index (χ0n) is 11.3. The number of nitro groups is 1. The van der Waals surface area contributed by atoms with E-state index in [0.717, 1.165) is 25.3 Å². The Morgan fingerprint density at radius 1 is 1.35 bits per heavy atom. The first-order valence-electron chi connectivity index (χ1n) is 6.28. The Kier molecular flexibility index (Phi) is 3.70. The highest BCUT2D eigenvalue weighted by Gasteiger charge is 2.37. The number of rotatable bonds is 5. The molecule has 1 fully saturated rings. The summed E-state index contributed by atoms with van der Waals surface area (Å²) in [6.45, 7) is 1.84. The minimum absolute atomic E-state index is 0.0951. The smallest absolute Gasteiger partial charge is 0.270 e. The van der Waals surface area contributed by atoms with Crippen molar-refractivity contribution in [3.8, 4) is 0 Å². The highest BCUT2D eigenvalue weighted by Crippen LogP contribution is 2.34. The third-order valence-corrected chi connectivity index (χ3v) is 5.25. The number of nitrogens with one attached hydrogen (secondary N) is 2. The van der Waals surface area contributed by atoms with Crippen LogP contribution in [0.3, 0.4) is 0 Å². The normalized spacial score (nSPS) is 17.3. The summed E-state index contributed by atoms with van der Waals surface area (Å²) in [5.74, 6) is 0. The zero-order chi connectivity index (χ0) is 15.0. The number of anilines is 1. The van der Waals surface area contributed by atoms with Crippen molar-refractivity contribution in [1.29, 1.82) is 0 Å². The average molecular weight is 299 g/mol. The number of hydrogen-bond donors (Lipinski definition) is 2. The Balaban J connectivity index is 2.43. The molecule has 1 aromatic rings. The van der Waals surface area contributed by atoms with Crippen molar-refractivity contribution < 1.29 is 13.3 Å². The minimum Gasteiger partial charge on any atom is -0.387 e. The molecule has 2 rings (SSSR count). The lowest BCUT2D eigenvalue weighted by Gasteiger charge is -2.38. The molecule has 1 aromatic carbocycles. The van der Waals surface area contributed by atoms with Gasteiger partial charge >= 0.3 is 0 Å². The number of benzene rings is 1. The van der Waals surface area contributed by atoms with E-state index in [9.17, 15) is 18.5 Å². The second kappa shape index (κ2) is 5.02. The fraction of sp³-hybridized carbons (Fsp3) is 0.500. The third-order valence-electron chi connectivity index (χ3n) is 3.57. The standard InChI is InChI=1S/C12H17N3O4S/c1-12(6-3-7-12)14-20(18,19)11-8-9(15(16)17)4-5-10(11)13-2/h4-5,8,13-14H,3,6-7H2,1-2H3. The largest absolute Gasteiger partial charge is 0.387 e. The number of nitrogens with zero attached hydrogens (tertiary/aromatic N) is 1. The first-order chi connectivity index (χ1) is 9.27. The molecule has 1 saturated carbocycles. The second-order valence-corrected chi connectivity index (χ2v) is 6.86. The summed E-state index contributed by atoms with van der Waals surface area (Å²) in [7, 11) is -2.22. The fourth-order valence-corrected chi connectivity index (χ4v) is 3.94. The molecule has 110 valence electrons. The molecular formula is C12H17N3O4S. The van der Waals surface area contributed by atoms with Gasteiger partial charge in [0.2, 0.25) is 10.0 Å². The first kappa shape index (κ1) is 14.7. The van der Waals surface area contributed by atoms with Crippen LogP contribution in [0.25, 0.3) is 0 Å². The molecule has 0 unspecified atom stereocenters. The SMILES string of the molecule is CNc1ccc([N+](=O)[O-])cc1S(=O)(=O)NC1(C)CCC1. The van der Waals surface area contributed by atoms with Gasteiger partial charge in [-0.3, -0.25) is 10.1 Å². The Labute approximate surface area is 117 Å². The highest BCUT2D eigenvalue weighted by molar-refractivity contribution is 7.89. The van der Waals surface area contributed by atoms with Crippen molar-refractivity contribution >= 4 is 21.4 Å². The monoisotopic (exact) mass is 299 g/mol. The van der Waals surface area contributed by atoms with Gasteiger partial charge in [-0.15, -0.1) is 0 Å². The Morgan fingerprint density at radius 3 is 2.45 bits per heavy atom. The van der Waals surface area contributed by atoms with Gasteiger partial charge in [0.25, 0.3) is 5.69 Å². The maximum Gasteiger partial charge on any atom is 0.270 e. The van der Waals surface area contributed by atoms with Crippen molar-refractivity contribution in [1.82, 2.24) is 4.72 Å². The van der Waals surface area contributed by atoms with Gasteiger partial charge in [-0.2, -0.15) is 0 Å². The van der Waals surface area contributed by atoms with Gasteiger partial charge in [0.1, 0.15) is 4.90 Å². The Bertz CT molecular complexity index is 638. The van der Waals surface area contributed by atoms with Crippen LogP contribution in [0, 0.1) is 10.1 Å². The van der Waals surface area contributed by atoms with Gasteiger partial charge in [0.15, 0.2) is 0 Å². The van der Waals surface area contributed by atoms with Crippen LogP contribution in [-0.4, -0.2) is 25.9 Å². The summed E-state index contributed by atoms with van der Waals surface area (Å²) in [4.78, 5) is 10.1. The van der Waals surface area contributed by atoms with Crippen molar-refractivity contribution in [3.05, 3.63) is 28.3 Å². The fourth-order valence-electron chi connectivity index (χ4n) is 2.24. The lowest BCUT2D eigenvalue weighted by Crippen LogP contribution is -2.50. The predicted molar refractivity (Wildman–Crippen MR) is 75.2 cm³/mol. The summed E-state index contributed by atoms with van der Waals surface area (Å²) in [5, 5.41) is 13.6. The van der Waals surface area contributed by atoms with Gasteiger partial charge in [-0.05, 0) is 32.3 Å². The van der Waals surface area contributed by atoms with E-state index in [4.69, 9.17) is 0 Å². The molecule has 0 bridgehead atoms. The maximum absolute atomic E-state index is 12.4. The lowest BCUT2D eigenvalue weighted by atomic mass is 9.80. The molecule has 1 aliphatic rings. The zero-order valence-corrected chi connectivity index (χ0v) is 12.2.